The number of hydrogen-bond donors (Lipinski definition) is 0. The Morgan fingerprint density at radius 2 is 1.78 bits per heavy atom. The Morgan fingerprint density at radius 3 is 2.37 bits per heavy atom. The van der Waals surface area contributed by atoms with Gasteiger partial charge in [0.2, 0.25) is 0 Å². The van der Waals surface area contributed by atoms with Crippen molar-refractivity contribution in [2.24, 2.45) is 0 Å². The van der Waals surface area contributed by atoms with Crippen molar-refractivity contribution >= 4 is 29.2 Å². The summed E-state index contributed by atoms with van der Waals surface area (Å²) in [5.74, 6) is -0.384. The molecule has 4 unspecified atom stereocenters. The first kappa shape index (κ1) is 21.3. The molecule has 0 N–H and O–H groups in total. The molecule has 0 radical (unpaired) electrons. The standard InChI is InChI=1S/C19H28Cl2O6/c1-2-23-14(22)12-19(27-16-8-4-6-10-25-16)11-13(17(20)18(19)21)26-15-7-3-5-9-24-15/h13,15-16H,2-12H2,1H3. The van der Waals surface area contributed by atoms with E-state index < -0.39 is 18.0 Å². The first-order valence-electron chi connectivity index (χ1n) is 9.82. The van der Waals surface area contributed by atoms with Crippen LogP contribution in [-0.2, 0) is 28.5 Å². The minimum Gasteiger partial charge on any atom is -0.466 e. The SMILES string of the molecule is CCOC(=O)CC1(OC2CCCCO2)CC(OC2CCCCO2)C(Cl)=C1Cl. The van der Waals surface area contributed by atoms with Crippen molar-refractivity contribution in [3.63, 3.8) is 0 Å². The van der Waals surface area contributed by atoms with Crippen molar-refractivity contribution in [3.8, 4) is 0 Å². The summed E-state index contributed by atoms with van der Waals surface area (Å²) in [6.07, 6.45) is 4.76. The highest BCUT2D eigenvalue weighted by atomic mass is 35.5. The van der Waals surface area contributed by atoms with Crippen LogP contribution >= 0.6 is 23.2 Å². The summed E-state index contributed by atoms with van der Waals surface area (Å²) in [7, 11) is 0. The monoisotopic (exact) mass is 422 g/mol. The van der Waals surface area contributed by atoms with E-state index in [1.807, 2.05) is 0 Å². The van der Waals surface area contributed by atoms with Crippen LogP contribution in [0.25, 0.3) is 0 Å². The Balaban J connectivity index is 1.74. The molecule has 1 aliphatic carbocycles. The second-order valence-corrected chi connectivity index (χ2v) is 7.96. The van der Waals surface area contributed by atoms with Crippen molar-refractivity contribution in [2.45, 2.75) is 82.6 Å². The molecule has 4 atom stereocenters. The molecular formula is C19H28Cl2O6. The molecule has 2 fully saturated rings. The Morgan fingerprint density at radius 1 is 1.11 bits per heavy atom. The van der Waals surface area contributed by atoms with E-state index in [1.165, 1.54) is 0 Å². The molecule has 0 amide bonds. The molecule has 27 heavy (non-hydrogen) atoms. The second kappa shape index (κ2) is 9.90. The zero-order valence-electron chi connectivity index (χ0n) is 15.7. The van der Waals surface area contributed by atoms with Crippen molar-refractivity contribution in [3.05, 3.63) is 10.1 Å². The Kier molecular flexibility index (Phi) is 7.83. The zero-order chi connectivity index (χ0) is 19.3. The van der Waals surface area contributed by atoms with E-state index in [9.17, 15) is 4.79 Å². The molecule has 0 aromatic rings. The summed E-state index contributed by atoms with van der Waals surface area (Å²) < 4.78 is 28.8. The van der Waals surface area contributed by atoms with Gasteiger partial charge in [-0.25, -0.2) is 0 Å². The predicted octanol–water partition coefficient (Wildman–Crippen LogP) is 4.23. The molecule has 154 valence electrons. The fourth-order valence-electron chi connectivity index (χ4n) is 3.74. The summed E-state index contributed by atoms with van der Waals surface area (Å²) in [5.41, 5.74) is -1.09. The fourth-order valence-corrected chi connectivity index (χ4v) is 4.35. The molecule has 3 aliphatic rings. The summed E-state index contributed by atoms with van der Waals surface area (Å²) in [6, 6.07) is 0. The van der Waals surface area contributed by atoms with Gasteiger partial charge in [0.15, 0.2) is 12.6 Å². The van der Waals surface area contributed by atoms with Crippen LogP contribution in [0.3, 0.4) is 0 Å². The third kappa shape index (κ3) is 5.37. The fraction of sp³-hybridized carbons (Fsp3) is 0.842. The van der Waals surface area contributed by atoms with E-state index in [4.69, 9.17) is 46.9 Å². The highest BCUT2D eigenvalue weighted by Crippen LogP contribution is 2.48. The van der Waals surface area contributed by atoms with Crippen molar-refractivity contribution in [2.75, 3.05) is 19.8 Å². The van der Waals surface area contributed by atoms with Gasteiger partial charge in [-0.05, 0) is 45.4 Å². The average Bonchev–Trinajstić information content (AvgIpc) is 2.88. The van der Waals surface area contributed by atoms with Gasteiger partial charge in [-0.3, -0.25) is 4.79 Å². The van der Waals surface area contributed by atoms with Gasteiger partial charge < -0.3 is 23.7 Å². The molecule has 8 heteroatoms. The van der Waals surface area contributed by atoms with Gasteiger partial charge in [0.1, 0.15) is 11.7 Å². The summed E-state index contributed by atoms with van der Waals surface area (Å²) >= 11 is 13.1. The molecule has 2 saturated heterocycles. The number of carbonyl (C=O) groups is 1. The number of rotatable bonds is 7. The molecule has 0 aromatic carbocycles. The quantitative estimate of drug-likeness (QED) is 0.572. The summed E-state index contributed by atoms with van der Waals surface area (Å²) in [6.45, 7) is 3.36. The highest BCUT2D eigenvalue weighted by Gasteiger charge is 2.50. The van der Waals surface area contributed by atoms with Gasteiger partial charge in [0.25, 0.3) is 0 Å². The smallest absolute Gasteiger partial charge is 0.309 e. The molecule has 0 spiro atoms. The van der Waals surface area contributed by atoms with E-state index in [-0.39, 0.29) is 18.7 Å². The average molecular weight is 423 g/mol. The summed E-state index contributed by atoms with van der Waals surface area (Å²) in [4.78, 5) is 12.3. The van der Waals surface area contributed by atoms with E-state index >= 15 is 0 Å². The lowest BCUT2D eigenvalue weighted by molar-refractivity contribution is -0.227. The van der Waals surface area contributed by atoms with Gasteiger partial charge in [-0.2, -0.15) is 0 Å². The number of ether oxygens (including phenoxy) is 5. The lowest BCUT2D eigenvalue weighted by Gasteiger charge is -2.35. The van der Waals surface area contributed by atoms with Crippen LogP contribution in [0.2, 0.25) is 0 Å². The summed E-state index contributed by atoms with van der Waals surface area (Å²) in [5, 5.41) is 0.665. The Bertz CT molecular complexity index is 542. The maximum atomic E-state index is 12.3. The van der Waals surface area contributed by atoms with Gasteiger partial charge in [0, 0.05) is 19.6 Å². The molecule has 6 nitrogen and oxygen atoms in total. The van der Waals surface area contributed by atoms with E-state index in [2.05, 4.69) is 0 Å². The van der Waals surface area contributed by atoms with Crippen LogP contribution in [-0.4, -0.2) is 50.1 Å². The van der Waals surface area contributed by atoms with Gasteiger partial charge in [-0.15, -0.1) is 0 Å². The first-order valence-corrected chi connectivity index (χ1v) is 10.6. The highest BCUT2D eigenvalue weighted by molar-refractivity contribution is 6.41. The number of carbonyl (C=O) groups excluding carboxylic acids is 1. The first-order chi connectivity index (χ1) is 13.0. The van der Waals surface area contributed by atoms with Crippen LogP contribution in [0.4, 0.5) is 0 Å². The van der Waals surface area contributed by atoms with Crippen molar-refractivity contribution < 1.29 is 28.5 Å². The molecule has 0 bridgehead atoms. The van der Waals surface area contributed by atoms with Crippen LogP contribution in [0.1, 0.15) is 58.3 Å². The van der Waals surface area contributed by atoms with Gasteiger partial charge in [-0.1, -0.05) is 23.2 Å². The van der Waals surface area contributed by atoms with Gasteiger partial charge in [0.05, 0.1) is 23.1 Å². The topological polar surface area (TPSA) is 63.2 Å². The van der Waals surface area contributed by atoms with E-state index in [0.29, 0.717) is 36.3 Å². The second-order valence-electron chi connectivity index (χ2n) is 7.18. The molecule has 0 saturated carbocycles. The molecule has 2 heterocycles. The number of hydrogen-bond acceptors (Lipinski definition) is 6. The Labute approximate surface area is 170 Å². The molecular weight excluding hydrogens is 395 g/mol. The molecule has 3 rings (SSSR count). The van der Waals surface area contributed by atoms with Crippen LogP contribution in [0.5, 0.6) is 0 Å². The number of halogens is 2. The Hall–Kier alpha value is -0.370. The third-order valence-electron chi connectivity index (χ3n) is 5.09. The molecule has 0 aromatic heterocycles. The van der Waals surface area contributed by atoms with Crippen LogP contribution < -0.4 is 0 Å². The largest absolute Gasteiger partial charge is 0.466 e. The van der Waals surface area contributed by atoms with Crippen LogP contribution in [0.15, 0.2) is 10.1 Å². The minimum atomic E-state index is -1.09. The lowest BCUT2D eigenvalue weighted by Crippen LogP contribution is -2.41. The third-order valence-corrected chi connectivity index (χ3v) is 6.17. The number of esters is 1. The maximum absolute atomic E-state index is 12.3. The van der Waals surface area contributed by atoms with Gasteiger partial charge >= 0.3 is 5.97 Å². The van der Waals surface area contributed by atoms with Crippen molar-refractivity contribution in [1.82, 2.24) is 0 Å². The normalized spacial score (nSPS) is 34.7. The zero-order valence-corrected chi connectivity index (χ0v) is 17.2. The van der Waals surface area contributed by atoms with Crippen LogP contribution in [0, 0.1) is 0 Å². The van der Waals surface area contributed by atoms with E-state index in [1.54, 1.807) is 6.92 Å². The molecule has 2 aliphatic heterocycles. The lowest BCUT2D eigenvalue weighted by atomic mass is 9.97. The minimum absolute atomic E-state index is 0.0266. The van der Waals surface area contributed by atoms with E-state index in [0.717, 1.165) is 38.5 Å². The predicted molar refractivity (Wildman–Crippen MR) is 100 cm³/mol. The van der Waals surface area contributed by atoms with Crippen molar-refractivity contribution in [1.29, 1.82) is 0 Å². The maximum Gasteiger partial charge on any atom is 0.309 e.